The SMILES string of the molecule is CCNCc1ccncc1OC1CCOC1. The van der Waals surface area contributed by atoms with Crippen LogP contribution in [0, 0.1) is 0 Å². The van der Waals surface area contributed by atoms with Crippen LogP contribution in [0.15, 0.2) is 18.5 Å². The van der Waals surface area contributed by atoms with Gasteiger partial charge in [-0.15, -0.1) is 0 Å². The van der Waals surface area contributed by atoms with Crippen LogP contribution in [0.4, 0.5) is 0 Å². The minimum atomic E-state index is 0.185. The van der Waals surface area contributed by atoms with E-state index < -0.39 is 0 Å². The summed E-state index contributed by atoms with van der Waals surface area (Å²) in [6.07, 6.45) is 4.73. The highest BCUT2D eigenvalue weighted by molar-refractivity contribution is 5.29. The van der Waals surface area contributed by atoms with Gasteiger partial charge in [0.25, 0.3) is 0 Å². The van der Waals surface area contributed by atoms with Crippen LogP contribution in [0.2, 0.25) is 0 Å². The lowest BCUT2D eigenvalue weighted by atomic mass is 10.2. The molecule has 1 atom stereocenters. The van der Waals surface area contributed by atoms with Gasteiger partial charge in [-0.1, -0.05) is 6.92 Å². The topological polar surface area (TPSA) is 43.4 Å². The average Bonchev–Trinajstić information content (AvgIpc) is 2.81. The predicted molar refractivity (Wildman–Crippen MR) is 61.5 cm³/mol. The average molecular weight is 222 g/mol. The molecular formula is C12H18N2O2. The van der Waals surface area contributed by atoms with Gasteiger partial charge in [-0.3, -0.25) is 4.98 Å². The van der Waals surface area contributed by atoms with E-state index >= 15 is 0 Å². The number of pyridine rings is 1. The molecule has 1 saturated heterocycles. The van der Waals surface area contributed by atoms with E-state index in [1.807, 2.05) is 6.07 Å². The van der Waals surface area contributed by atoms with Crippen LogP contribution < -0.4 is 10.1 Å². The molecule has 0 saturated carbocycles. The van der Waals surface area contributed by atoms with Crippen LogP contribution in [-0.4, -0.2) is 30.8 Å². The van der Waals surface area contributed by atoms with Crippen LogP contribution in [0.5, 0.6) is 5.75 Å². The summed E-state index contributed by atoms with van der Waals surface area (Å²) in [7, 11) is 0. The van der Waals surface area contributed by atoms with Gasteiger partial charge in [0.15, 0.2) is 0 Å². The van der Waals surface area contributed by atoms with Gasteiger partial charge in [0.05, 0.1) is 19.4 Å². The molecule has 0 aromatic carbocycles. The van der Waals surface area contributed by atoms with E-state index in [9.17, 15) is 0 Å². The Labute approximate surface area is 96.0 Å². The van der Waals surface area contributed by atoms with E-state index in [4.69, 9.17) is 9.47 Å². The first-order valence-corrected chi connectivity index (χ1v) is 5.78. The lowest BCUT2D eigenvalue weighted by molar-refractivity contribution is 0.140. The third-order valence-corrected chi connectivity index (χ3v) is 2.62. The Morgan fingerprint density at radius 1 is 1.62 bits per heavy atom. The van der Waals surface area contributed by atoms with Gasteiger partial charge in [0, 0.05) is 24.7 Å². The molecule has 1 aliphatic heterocycles. The van der Waals surface area contributed by atoms with E-state index in [-0.39, 0.29) is 6.10 Å². The molecule has 1 aromatic rings. The minimum absolute atomic E-state index is 0.185. The molecular weight excluding hydrogens is 204 g/mol. The molecule has 1 aliphatic rings. The first-order chi connectivity index (χ1) is 7.90. The van der Waals surface area contributed by atoms with Crippen molar-refractivity contribution in [1.29, 1.82) is 0 Å². The molecule has 88 valence electrons. The molecule has 1 aromatic heterocycles. The van der Waals surface area contributed by atoms with Gasteiger partial charge in [-0.2, -0.15) is 0 Å². The van der Waals surface area contributed by atoms with Gasteiger partial charge in [-0.25, -0.2) is 0 Å². The largest absolute Gasteiger partial charge is 0.486 e. The molecule has 4 nitrogen and oxygen atoms in total. The van der Waals surface area contributed by atoms with Crippen LogP contribution in [0.3, 0.4) is 0 Å². The Balaban J connectivity index is 2.00. The summed E-state index contributed by atoms with van der Waals surface area (Å²) in [6.45, 7) is 5.35. The zero-order valence-electron chi connectivity index (χ0n) is 9.61. The molecule has 4 heteroatoms. The Bertz CT molecular complexity index is 325. The fraction of sp³-hybridized carbons (Fsp3) is 0.583. The second kappa shape index (κ2) is 5.82. The van der Waals surface area contributed by atoms with Crippen molar-refractivity contribution in [1.82, 2.24) is 10.3 Å². The van der Waals surface area contributed by atoms with Crippen LogP contribution in [-0.2, 0) is 11.3 Å². The smallest absolute Gasteiger partial charge is 0.142 e. The number of rotatable bonds is 5. The van der Waals surface area contributed by atoms with Crippen molar-refractivity contribution in [3.05, 3.63) is 24.0 Å². The highest BCUT2D eigenvalue weighted by atomic mass is 16.5. The molecule has 0 aliphatic carbocycles. The maximum atomic E-state index is 5.88. The summed E-state index contributed by atoms with van der Waals surface area (Å²) in [6, 6.07) is 1.99. The number of nitrogens with one attached hydrogen (secondary N) is 1. The Morgan fingerprint density at radius 3 is 3.31 bits per heavy atom. The highest BCUT2D eigenvalue weighted by Crippen LogP contribution is 2.20. The van der Waals surface area contributed by atoms with Gasteiger partial charge < -0.3 is 14.8 Å². The van der Waals surface area contributed by atoms with E-state index in [0.717, 1.165) is 37.4 Å². The van der Waals surface area contributed by atoms with E-state index in [2.05, 4.69) is 17.2 Å². The van der Waals surface area contributed by atoms with Gasteiger partial charge in [0.1, 0.15) is 11.9 Å². The predicted octanol–water partition coefficient (Wildman–Crippen LogP) is 1.36. The van der Waals surface area contributed by atoms with Crippen LogP contribution in [0.1, 0.15) is 18.9 Å². The maximum Gasteiger partial charge on any atom is 0.142 e. The molecule has 0 spiro atoms. The third-order valence-electron chi connectivity index (χ3n) is 2.62. The normalized spacial score (nSPS) is 19.9. The third kappa shape index (κ3) is 2.93. The zero-order valence-corrected chi connectivity index (χ0v) is 9.61. The van der Waals surface area contributed by atoms with E-state index in [0.29, 0.717) is 6.61 Å². The van der Waals surface area contributed by atoms with E-state index in [1.54, 1.807) is 12.4 Å². The van der Waals surface area contributed by atoms with E-state index in [1.165, 1.54) is 0 Å². The first-order valence-electron chi connectivity index (χ1n) is 5.78. The molecule has 0 radical (unpaired) electrons. The molecule has 2 heterocycles. The second-order valence-corrected chi connectivity index (χ2v) is 3.87. The highest BCUT2D eigenvalue weighted by Gasteiger charge is 2.18. The molecule has 1 N–H and O–H groups in total. The number of ether oxygens (including phenoxy) is 2. The monoisotopic (exact) mass is 222 g/mol. The first kappa shape index (κ1) is 11.4. The Morgan fingerprint density at radius 2 is 2.56 bits per heavy atom. The molecule has 0 amide bonds. The summed E-state index contributed by atoms with van der Waals surface area (Å²) >= 11 is 0. The maximum absolute atomic E-state index is 5.88. The lowest BCUT2D eigenvalue weighted by Crippen LogP contribution is -2.18. The Hall–Kier alpha value is -1.13. The quantitative estimate of drug-likeness (QED) is 0.817. The van der Waals surface area contributed by atoms with Gasteiger partial charge in [0.2, 0.25) is 0 Å². The summed E-state index contributed by atoms with van der Waals surface area (Å²) in [5.41, 5.74) is 1.16. The molecule has 1 fully saturated rings. The number of hydrogen-bond acceptors (Lipinski definition) is 4. The Kier molecular flexibility index (Phi) is 4.13. The molecule has 1 unspecified atom stereocenters. The molecule has 2 rings (SSSR count). The molecule has 0 bridgehead atoms. The summed E-state index contributed by atoms with van der Waals surface area (Å²) < 4.78 is 11.2. The van der Waals surface area contributed by atoms with Gasteiger partial charge in [-0.05, 0) is 12.6 Å². The van der Waals surface area contributed by atoms with Crippen molar-refractivity contribution in [2.75, 3.05) is 19.8 Å². The number of hydrogen-bond donors (Lipinski definition) is 1. The summed E-state index contributed by atoms with van der Waals surface area (Å²) in [5, 5.41) is 3.29. The van der Waals surface area contributed by atoms with Crippen molar-refractivity contribution in [2.24, 2.45) is 0 Å². The number of nitrogens with zero attached hydrogens (tertiary/aromatic N) is 1. The lowest BCUT2D eigenvalue weighted by Gasteiger charge is -2.15. The van der Waals surface area contributed by atoms with Crippen molar-refractivity contribution in [2.45, 2.75) is 26.0 Å². The van der Waals surface area contributed by atoms with Crippen molar-refractivity contribution < 1.29 is 9.47 Å². The summed E-state index contributed by atoms with van der Waals surface area (Å²) in [5.74, 6) is 0.874. The van der Waals surface area contributed by atoms with Crippen molar-refractivity contribution in [3.63, 3.8) is 0 Å². The number of aromatic nitrogens is 1. The van der Waals surface area contributed by atoms with Crippen molar-refractivity contribution in [3.8, 4) is 5.75 Å². The summed E-state index contributed by atoms with van der Waals surface area (Å²) in [4.78, 5) is 4.10. The molecule has 16 heavy (non-hydrogen) atoms. The van der Waals surface area contributed by atoms with Crippen LogP contribution in [0.25, 0.3) is 0 Å². The standard InChI is InChI=1S/C12H18N2O2/c1-2-13-7-10-3-5-14-8-12(10)16-11-4-6-15-9-11/h3,5,8,11,13H,2,4,6-7,9H2,1H3. The van der Waals surface area contributed by atoms with Crippen LogP contribution >= 0.6 is 0 Å². The second-order valence-electron chi connectivity index (χ2n) is 3.87. The van der Waals surface area contributed by atoms with Gasteiger partial charge >= 0.3 is 0 Å². The fourth-order valence-corrected chi connectivity index (χ4v) is 1.71. The fourth-order valence-electron chi connectivity index (χ4n) is 1.71. The van der Waals surface area contributed by atoms with Crippen molar-refractivity contribution >= 4 is 0 Å². The zero-order chi connectivity index (χ0) is 11.2. The minimum Gasteiger partial charge on any atom is -0.486 e.